The van der Waals surface area contributed by atoms with Gasteiger partial charge in [0, 0.05) is 35.3 Å². The Balaban J connectivity index is 1.95. The first-order chi connectivity index (χ1) is 14.1. The van der Waals surface area contributed by atoms with Gasteiger partial charge in [-0.1, -0.05) is 24.8 Å². The highest BCUT2D eigenvalue weighted by atomic mass is 16.3. The lowest BCUT2D eigenvalue weighted by molar-refractivity contribution is 0.424. The van der Waals surface area contributed by atoms with Crippen molar-refractivity contribution in [3.05, 3.63) is 109 Å². The van der Waals surface area contributed by atoms with E-state index in [1.54, 1.807) is 61.1 Å². The van der Waals surface area contributed by atoms with Gasteiger partial charge in [-0.15, -0.1) is 0 Å². The Labute approximate surface area is 168 Å². The van der Waals surface area contributed by atoms with Crippen LogP contribution in [0.4, 0.5) is 11.6 Å². The molecule has 0 aliphatic heterocycles. The van der Waals surface area contributed by atoms with Crippen molar-refractivity contribution in [2.75, 3.05) is 5.32 Å². The maximum atomic E-state index is 10.6. The van der Waals surface area contributed by atoms with E-state index in [2.05, 4.69) is 26.8 Å². The van der Waals surface area contributed by atoms with E-state index in [1.807, 2.05) is 12.1 Å². The summed E-state index contributed by atoms with van der Waals surface area (Å²) in [7, 11) is 0. The number of aromatic nitrogens is 3. The van der Waals surface area contributed by atoms with Crippen LogP contribution < -0.4 is 11.1 Å². The quantitative estimate of drug-likeness (QED) is 0.441. The highest BCUT2D eigenvalue weighted by Gasteiger charge is 2.16. The molecule has 0 saturated heterocycles. The number of allylic oxidation sites excluding steroid dienone is 8. The molecule has 2 heterocycles. The zero-order valence-corrected chi connectivity index (χ0v) is 15.6. The molecule has 144 valence electrons. The summed E-state index contributed by atoms with van der Waals surface area (Å²) in [6.07, 6.45) is 16.2. The van der Waals surface area contributed by atoms with E-state index in [0.717, 1.165) is 11.3 Å². The summed E-state index contributed by atoms with van der Waals surface area (Å²) in [5.41, 5.74) is 8.65. The molecule has 0 fully saturated rings. The van der Waals surface area contributed by atoms with E-state index in [4.69, 9.17) is 11.1 Å². The van der Waals surface area contributed by atoms with Gasteiger partial charge in [0.05, 0.1) is 23.3 Å². The first-order valence-corrected chi connectivity index (χ1v) is 8.76. The van der Waals surface area contributed by atoms with E-state index < -0.39 is 0 Å². The summed E-state index contributed by atoms with van der Waals surface area (Å²) >= 11 is 0. The van der Waals surface area contributed by atoms with Crippen molar-refractivity contribution in [3.63, 3.8) is 0 Å². The van der Waals surface area contributed by atoms with Crippen LogP contribution in [0.3, 0.4) is 0 Å². The smallest absolute Gasteiger partial charge is 0.227 e. The maximum Gasteiger partial charge on any atom is 0.227 e. The molecule has 0 saturated carbocycles. The molecule has 0 amide bonds. The van der Waals surface area contributed by atoms with Crippen LogP contribution in [0.5, 0.6) is 0 Å². The lowest BCUT2D eigenvalue weighted by Gasteiger charge is -2.14. The summed E-state index contributed by atoms with van der Waals surface area (Å²) < 4.78 is 0. The first kappa shape index (κ1) is 19.5. The van der Waals surface area contributed by atoms with Crippen LogP contribution >= 0.6 is 0 Å². The summed E-state index contributed by atoms with van der Waals surface area (Å²) in [6, 6.07) is 5.43. The fourth-order valence-electron chi connectivity index (χ4n) is 2.59. The minimum atomic E-state index is -0.0970. The molecule has 29 heavy (non-hydrogen) atoms. The topological polar surface area (TPSA) is 121 Å². The van der Waals surface area contributed by atoms with Gasteiger partial charge in [-0.2, -0.15) is 0 Å². The Bertz CT molecular complexity index is 1080. The van der Waals surface area contributed by atoms with Gasteiger partial charge in [-0.25, -0.2) is 9.97 Å². The zero-order chi connectivity index (χ0) is 20.6. The molecule has 0 radical (unpaired) electrons. The average molecular weight is 384 g/mol. The zero-order valence-electron chi connectivity index (χ0n) is 15.6. The average Bonchev–Trinajstić information content (AvgIpc) is 2.75. The summed E-state index contributed by atoms with van der Waals surface area (Å²) in [4.78, 5) is 12.8. The number of nitrogens with two attached hydrogens (primary N) is 1. The van der Waals surface area contributed by atoms with Crippen molar-refractivity contribution in [1.82, 2.24) is 15.0 Å². The molecule has 0 unspecified atom stereocenters. The lowest BCUT2D eigenvalue weighted by Crippen LogP contribution is -2.07. The van der Waals surface area contributed by atoms with Crippen molar-refractivity contribution < 1.29 is 5.11 Å². The van der Waals surface area contributed by atoms with Gasteiger partial charge in [0.1, 0.15) is 5.76 Å². The monoisotopic (exact) mass is 384 g/mol. The second-order valence-electron chi connectivity index (χ2n) is 5.96. The van der Waals surface area contributed by atoms with Crippen LogP contribution in [0.25, 0.3) is 5.57 Å². The number of pyridine rings is 1. The number of aliphatic hydroxyl groups is 1. The van der Waals surface area contributed by atoms with Crippen molar-refractivity contribution in [2.45, 2.75) is 0 Å². The number of rotatable bonds is 6. The second-order valence-corrected chi connectivity index (χ2v) is 5.96. The molecule has 5 N–H and O–H groups in total. The molecule has 0 bridgehead atoms. The Kier molecular flexibility index (Phi) is 6.12. The molecule has 3 rings (SSSR count). The van der Waals surface area contributed by atoms with Gasteiger partial charge >= 0.3 is 0 Å². The third-order valence-electron chi connectivity index (χ3n) is 4.01. The fourth-order valence-corrected chi connectivity index (χ4v) is 2.59. The highest BCUT2D eigenvalue weighted by Crippen LogP contribution is 2.26. The highest BCUT2D eigenvalue weighted by molar-refractivity contribution is 6.13. The second kappa shape index (κ2) is 9.09. The Morgan fingerprint density at radius 2 is 2.10 bits per heavy atom. The van der Waals surface area contributed by atoms with E-state index in [-0.39, 0.29) is 11.5 Å². The van der Waals surface area contributed by atoms with Crippen molar-refractivity contribution in [3.8, 4) is 0 Å². The van der Waals surface area contributed by atoms with Gasteiger partial charge in [0.2, 0.25) is 5.95 Å². The van der Waals surface area contributed by atoms with E-state index in [9.17, 15) is 5.11 Å². The number of nitrogens with zero attached hydrogens (tertiary/aromatic N) is 3. The minimum Gasteiger partial charge on any atom is -0.507 e. The predicted molar refractivity (Wildman–Crippen MR) is 116 cm³/mol. The predicted octanol–water partition coefficient (Wildman–Crippen LogP) is 3.99. The molecule has 1 aliphatic carbocycles. The van der Waals surface area contributed by atoms with Gasteiger partial charge in [-0.05, 0) is 36.4 Å². The molecule has 7 heteroatoms. The molecular formula is C22H20N6O. The van der Waals surface area contributed by atoms with Crippen molar-refractivity contribution >= 4 is 22.9 Å². The third-order valence-corrected chi connectivity index (χ3v) is 4.01. The van der Waals surface area contributed by atoms with Gasteiger partial charge in [0.25, 0.3) is 0 Å². The Morgan fingerprint density at radius 1 is 1.24 bits per heavy atom. The van der Waals surface area contributed by atoms with Gasteiger partial charge in [-0.3, -0.25) is 4.98 Å². The van der Waals surface area contributed by atoms with Crippen molar-refractivity contribution in [1.29, 1.82) is 5.41 Å². The first-order valence-electron chi connectivity index (χ1n) is 8.76. The van der Waals surface area contributed by atoms with Crippen LogP contribution in [0, 0.1) is 5.41 Å². The van der Waals surface area contributed by atoms with E-state index >= 15 is 0 Å². The number of nitrogens with one attached hydrogen (secondary N) is 2. The summed E-state index contributed by atoms with van der Waals surface area (Å²) in [5, 5.41) is 21.9. The number of hydrogen-bond acceptors (Lipinski definition) is 7. The van der Waals surface area contributed by atoms with Crippen molar-refractivity contribution in [2.24, 2.45) is 5.73 Å². The van der Waals surface area contributed by atoms with Gasteiger partial charge in [0.15, 0.2) is 0 Å². The van der Waals surface area contributed by atoms with Crippen LogP contribution in [-0.2, 0) is 0 Å². The molecule has 7 nitrogen and oxygen atoms in total. The molecule has 0 aromatic carbocycles. The summed E-state index contributed by atoms with van der Waals surface area (Å²) in [6.45, 7) is 3.60. The van der Waals surface area contributed by atoms with Crippen LogP contribution in [-0.4, -0.2) is 25.8 Å². The normalized spacial score (nSPS) is 15.9. The Morgan fingerprint density at radius 3 is 2.83 bits per heavy atom. The van der Waals surface area contributed by atoms with E-state index in [1.165, 1.54) is 6.20 Å². The maximum absolute atomic E-state index is 10.6. The van der Waals surface area contributed by atoms with Crippen LogP contribution in [0.1, 0.15) is 5.69 Å². The minimum absolute atomic E-state index is 0.0970. The van der Waals surface area contributed by atoms with E-state index in [0.29, 0.717) is 22.8 Å². The molecule has 0 spiro atoms. The number of aliphatic hydroxyl groups excluding tert-OH is 1. The third kappa shape index (κ3) is 4.72. The van der Waals surface area contributed by atoms with Crippen LogP contribution in [0.15, 0.2) is 103 Å². The standard InChI is InChI=1S/C22H20N6O/c1-2-3-5-16(13-23)21(29)18-12-15(7-8-19(18)24)20-9-11-26-22(28-20)27-17-6-4-10-25-14-17/h2-14,24,29H,1,23H2,(H,26,27,28)/b5-3-,16-13+,21-18-,24-19?. The molecular weight excluding hydrogens is 364 g/mol. The molecule has 2 aromatic rings. The molecule has 1 aliphatic rings. The number of hydrogen-bond donors (Lipinski definition) is 4. The SMILES string of the molecule is C=C\C=C/C(=C\N)C(/O)=C1\C=C(c2ccnc(Nc3cccnc3)n2)C=CC1=N. The summed E-state index contributed by atoms with van der Waals surface area (Å²) in [5.74, 6) is 0.317. The Hall–Kier alpha value is -4.26. The van der Waals surface area contributed by atoms with Gasteiger partial charge < -0.3 is 21.6 Å². The fraction of sp³-hybridized carbons (Fsp3) is 0. The molecule has 0 atom stereocenters. The largest absolute Gasteiger partial charge is 0.507 e. The lowest BCUT2D eigenvalue weighted by atomic mass is 9.95. The molecule has 2 aromatic heterocycles. The number of anilines is 2. The van der Waals surface area contributed by atoms with Crippen LogP contribution in [0.2, 0.25) is 0 Å².